The Labute approximate surface area is 219 Å². The van der Waals surface area contributed by atoms with Gasteiger partial charge in [-0.1, -0.05) is 47.5 Å². The molecular weight excluding hydrogens is 530 g/mol. The Hall–Kier alpha value is -3.82. The first-order valence-electron chi connectivity index (χ1n) is 10.8. The van der Waals surface area contributed by atoms with Crippen molar-refractivity contribution in [1.29, 1.82) is 0 Å². The van der Waals surface area contributed by atoms with Gasteiger partial charge in [0.15, 0.2) is 0 Å². The number of halogens is 5. The van der Waals surface area contributed by atoms with Crippen molar-refractivity contribution >= 4 is 58.0 Å². The average molecular weight is 548 g/mol. The molecule has 0 bridgehead atoms. The Morgan fingerprint density at radius 2 is 1.59 bits per heavy atom. The lowest BCUT2D eigenvalue weighted by Crippen LogP contribution is -2.32. The van der Waals surface area contributed by atoms with Crippen LogP contribution in [0.2, 0.25) is 5.02 Å². The van der Waals surface area contributed by atoms with Gasteiger partial charge in [0.25, 0.3) is 11.8 Å². The summed E-state index contributed by atoms with van der Waals surface area (Å²) in [5.41, 5.74) is 0.971. The predicted molar refractivity (Wildman–Crippen MR) is 135 cm³/mol. The number of imide groups is 1. The number of nitrogens with zero attached hydrogens (tertiary/aromatic N) is 1. The molecule has 3 aromatic carbocycles. The number of aryl methyl sites for hydroxylation is 1. The Kier molecular flexibility index (Phi) is 7.29. The number of carbonyl (C=O) groups excluding carboxylic acids is 3. The van der Waals surface area contributed by atoms with Crippen LogP contribution >= 0.6 is 23.2 Å². The second-order valence-corrected chi connectivity index (χ2v) is 8.98. The zero-order valence-corrected chi connectivity index (χ0v) is 20.6. The summed E-state index contributed by atoms with van der Waals surface area (Å²) in [6.07, 6.45) is -4.58. The number of anilines is 3. The molecule has 0 saturated heterocycles. The number of hydrogen-bond acceptors (Lipinski definition) is 4. The minimum atomic E-state index is -4.65. The van der Waals surface area contributed by atoms with Crippen LogP contribution in [0.25, 0.3) is 0 Å². The number of rotatable bonds is 6. The summed E-state index contributed by atoms with van der Waals surface area (Å²) in [6.45, 7) is 1.85. The maximum absolute atomic E-state index is 13.1. The molecule has 0 unspecified atom stereocenters. The highest BCUT2D eigenvalue weighted by molar-refractivity contribution is 6.53. The van der Waals surface area contributed by atoms with Crippen LogP contribution in [0.3, 0.4) is 0 Å². The summed E-state index contributed by atoms with van der Waals surface area (Å²) >= 11 is 12.1. The highest BCUT2D eigenvalue weighted by Crippen LogP contribution is 2.35. The molecule has 0 atom stereocenters. The van der Waals surface area contributed by atoms with Gasteiger partial charge < -0.3 is 10.6 Å². The van der Waals surface area contributed by atoms with Gasteiger partial charge in [-0.2, -0.15) is 13.2 Å². The molecule has 11 heteroatoms. The fourth-order valence-corrected chi connectivity index (χ4v) is 3.97. The van der Waals surface area contributed by atoms with E-state index in [4.69, 9.17) is 23.2 Å². The summed E-state index contributed by atoms with van der Waals surface area (Å²) < 4.78 is 39.2. The van der Waals surface area contributed by atoms with Crippen molar-refractivity contribution < 1.29 is 27.6 Å². The van der Waals surface area contributed by atoms with Crippen LogP contribution in [-0.4, -0.2) is 17.7 Å². The molecule has 37 heavy (non-hydrogen) atoms. The zero-order valence-electron chi connectivity index (χ0n) is 19.1. The molecule has 4 rings (SSSR count). The molecule has 0 aromatic heterocycles. The minimum absolute atomic E-state index is 0.0654. The number of amides is 3. The SMILES string of the molecule is Cc1ccc(NC(=O)Cc2ccc(NC3=C(Cl)C(=O)N(c4cccc(C(F)(F)F)c4)C3=O)cc2)cc1Cl. The van der Waals surface area contributed by atoms with Gasteiger partial charge >= 0.3 is 6.18 Å². The molecule has 6 nitrogen and oxygen atoms in total. The van der Waals surface area contributed by atoms with Gasteiger partial charge in [0.05, 0.1) is 17.7 Å². The van der Waals surface area contributed by atoms with E-state index in [0.29, 0.717) is 32.9 Å². The van der Waals surface area contributed by atoms with Crippen LogP contribution in [-0.2, 0) is 27.0 Å². The van der Waals surface area contributed by atoms with Crippen molar-refractivity contribution in [1.82, 2.24) is 0 Å². The summed E-state index contributed by atoms with van der Waals surface area (Å²) in [4.78, 5) is 38.4. The van der Waals surface area contributed by atoms with Crippen molar-refractivity contribution in [2.24, 2.45) is 0 Å². The van der Waals surface area contributed by atoms with Crippen molar-refractivity contribution in [2.45, 2.75) is 19.5 Å². The van der Waals surface area contributed by atoms with Crippen LogP contribution in [0, 0.1) is 6.92 Å². The van der Waals surface area contributed by atoms with Crippen molar-refractivity contribution in [3.05, 3.63) is 99.2 Å². The van der Waals surface area contributed by atoms with Gasteiger partial charge in [0.2, 0.25) is 5.91 Å². The third kappa shape index (κ3) is 5.79. The summed E-state index contributed by atoms with van der Waals surface area (Å²) in [6, 6.07) is 15.5. The molecule has 0 saturated carbocycles. The van der Waals surface area contributed by atoms with E-state index in [1.54, 1.807) is 42.5 Å². The molecule has 190 valence electrons. The standard InChI is InChI=1S/C26H18Cl2F3N3O3/c1-14-5-8-18(13-20(14)27)32-21(35)11-15-6-9-17(10-7-15)33-23-22(28)24(36)34(25(23)37)19-4-2-3-16(12-19)26(29,30)31/h2-10,12-13,33H,11H2,1H3,(H,32,35). The number of hydrogen-bond donors (Lipinski definition) is 2. The number of carbonyl (C=O) groups is 3. The first-order valence-corrected chi connectivity index (χ1v) is 11.6. The quantitative estimate of drug-likeness (QED) is 0.356. The largest absolute Gasteiger partial charge is 0.416 e. The van der Waals surface area contributed by atoms with Gasteiger partial charge in [-0.15, -0.1) is 0 Å². The molecule has 1 aliphatic rings. The van der Waals surface area contributed by atoms with Gasteiger partial charge in [-0.3, -0.25) is 14.4 Å². The van der Waals surface area contributed by atoms with Crippen LogP contribution in [0.1, 0.15) is 16.7 Å². The topological polar surface area (TPSA) is 78.5 Å². The smallest absolute Gasteiger partial charge is 0.350 e. The van der Waals surface area contributed by atoms with E-state index in [0.717, 1.165) is 17.7 Å². The molecule has 0 aliphatic carbocycles. The van der Waals surface area contributed by atoms with Crippen LogP contribution in [0.5, 0.6) is 0 Å². The summed E-state index contributed by atoms with van der Waals surface area (Å²) in [7, 11) is 0. The summed E-state index contributed by atoms with van der Waals surface area (Å²) in [5.74, 6) is -2.10. The van der Waals surface area contributed by atoms with Crippen molar-refractivity contribution in [3.8, 4) is 0 Å². The monoisotopic (exact) mass is 547 g/mol. The molecular formula is C26H18Cl2F3N3O3. The average Bonchev–Trinajstić information content (AvgIpc) is 3.05. The molecule has 0 spiro atoms. The minimum Gasteiger partial charge on any atom is -0.350 e. The van der Waals surface area contributed by atoms with E-state index in [1.165, 1.54) is 6.07 Å². The second-order valence-electron chi connectivity index (χ2n) is 8.19. The molecule has 3 aromatic rings. The first-order chi connectivity index (χ1) is 17.4. The fourth-order valence-electron chi connectivity index (χ4n) is 3.58. The van der Waals surface area contributed by atoms with E-state index in [9.17, 15) is 27.6 Å². The van der Waals surface area contributed by atoms with E-state index in [-0.39, 0.29) is 23.7 Å². The number of alkyl halides is 3. The van der Waals surface area contributed by atoms with Crippen LogP contribution in [0.4, 0.5) is 30.2 Å². The molecule has 1 aliphatic heterocycles. The zero-order chi connectivity index (χ0) is 26.9. The van der Waals surface area contributed by atoms with Crippen LogP contribution in [0.15, 0.2) is 77.5 Å². The van der Waals surface area contributed by atoms with E-state index in [1.807, 2.05) is 6.92 Å². The first kappa shape index (κ1) is 26.2. The van der Waals surface area contributed by atoms with Crippen molar-refractivity contribution in [2.75, 3.05) is 15.5 Å². The van der Waals surface area contributed by atoms with Gasteiger partial charge in [0, 0.05) is 16.4 Å². The summed E-state index contributed by atoms with van der Waals surface area (Å²) in [5, 5.41) is 5.58. The van der Waals surface area contributed by atoms with Gasteiger partial charge in [-0.25, -0.2) is 4.90 Å². The highest BCUT2D eigenvalue weighted by Gasteiger charge is 2.40. The lowest BCUT2D eigenvalue weighted by molar-refractivity contribution is -0.137. The van der Waals surface area contributed by atoms with E-state index in [2.05, 4.69) is 10.6 Å². The lowest BCUT2D eigenvalue weighted by atomic mass is 10.1. The molecule has 3 amide bonds. The Bertz CT molecular complexity index is 1440. The Balaban J connectivity index is 1.43. The molecule has 1 heterocycles. The maximum Gasteiger partial charge on any atom is 0.416 e. The van der Waals surface area contributed by atoms with Gasteiger partial charge in [-0.05, 0) is 60.5 Å². The van der Waals surface area contributed by atoms with Crippen molar-refractivity contribution in [3.63, 3.8) is 0 Å². The fraction of sp³-hybridized carbons (Fsp3) is 0.115. The van der Waals surface area contributed by atoms with E-state index < -0.39 is 28.6 Å². The normalized spacial score (nSPS) is 13.8. The third-order valence-corrected chi connectivity index (χ3v) is 6.26. The number of nitrogens with one attached hydrogen (secondary N) is 2. The third-order valence-electron chi connectivity index (χ3n) is 5.50. The predicted octanol–water partition coefficient (Wildman–Crippen LogP) is 6.28. The number of benzene rings is 3. The lowest BCUT2D eigenvalue weighted by Gasteiger charge is -2.17. The Morgan fingerprint density at radius 3 is 2.24 bits per heavy atom. The van der Waals surface area contributed by atoms with E-state index >= 15 is 0 Å². The maximum atomic E-state index is 13.1. The Morgan fingerprint density at radius 1 is 0.919 bits per heavy atom. The second kappa shape index (κ2) is 10.3. The molecule has 0 radical (unpaired) electrons. The molecule has 2 N–H and O–H groups in total. The highest BCUT2D eigenvalue weighted by atomic mass is 35.5. The van der Waals surface area contributed by atoms with Gasteiger partial charge in [0.1, 0.15) is 10.7 Å². The molecule has 0 fully saturated rings. The van der Waals surface area contributed by atoms with Crippen LogP contribution < -0.4 is 15.5 Å².